The second-order valence-corrected chi connectivity index (χ2v) is 7.30. The second kappa shape index (κ2) is 13.5. The molecule has 0 saturated carbocycles. The van der Waals surface area contributed by atoms with E-state index in [1.807, 2.05) is 12.1 Å². The van der Waals surface area contributed by atoms with E-state index < -0.39 is 17.9 Å². The first kappa shape index (κ1) is 26.2. The minimum Gasteiger partial charge on any atom is -0.493 e. The Labute approximate surface area is 199 Å². The Bertz CT molecular complexity index is 1020. The number of esters is 1. The Hall–Kier alpha value is -4.06. The van der Waals surface area contributed by atoms with Gasteiger partial charge in [0.15, 0.2) is 11.5 Å². The Balaban J connectivity index is 2.10. The topological polar surface area (TPSA) is 118 Å². The number of benzene rings is 2. The van der Waals surface area contributed by atoms with Crippen LogP contribution in [0, 0.1) is 11.3 Å². The van der Waals surface area contributed by atoms with Crippen molar-refractivity contribution in [1.82, 2.24) is 5.32 Å². The van der Waals surface area contributed by atoms with E-state index in [0.717, 1.165) is 0 Å². The van der Waals surface area contributed by atoms with Crippen molar-refractivity contribution in [3.63, 3.8) is 0 Å². The molecule has 0 bridgehead atoms. The summed E-state index contributed by atoms with van der Waals surface area (Å²) in [5.41, 5.74) is 1.29. The standard InChI is InChI=1S/C25H29N3O6/c1-32-21-11-10-18(16-22(21)33-2)20(17-25(31)34-3)27-23(29)12-13-24(30)28(15-7-14-26)19-8-5-4-6-9-19/h4-6,8-11,16,20H,7,12-13,15,17H2,1-3H3,(H,27,29). The third kappa shape index (κ3) is 7.52. The molecule has 2 amide bonds. The number of nitriles is 1. The normalized spacial score (nSPS) is 11.0. The van der Waals surface area contributed by atoms with E-state index in [4.69, 9.17) is 19.5 Å². The van der Waals surface area contributed by atoms with Gasteiger partial charge in [0.25, 0.3) is 0 Å². The molecule has 9 nitrogen and oxygen atoms in total. The highest BCUT2D eigenvalue weighted by Crippen LogP contribution is 2.31. The number of para-hydroxylation sites is 1. The summed E-state index contributed by atoms with van der Waals surface area (Å²) in [6.45, 7) is 0.234. The van der Waals surface area contributed by atoms with E-state index in [2.05, 4.69) is 5.32 Å². The zero-order valence-corrected chi connectivity index (χ0v) is 19.6. The summed E-state index contributed by atoms with van der Waals surface area (Å²) in [6, 6.07) is 15.4. The summed E-state index contributed by atoms with van der Waals surface area (Å²) in [4.78, 5) is 39.0. The number of hydrogen-bond donors (Lipinski definition) is 1. The first-order valence-electron chi connectivity index (χ1n) is 10.7. The van der Waals surface area contributed by atoms with Gasteiger partial charge in [-0.1, -0.05) is 24.3 Å². The minimum absolute atomic E-state index is 0.0525. The number of amides is 2. The molecule has 0 aliphatic carbocycles. The molecular formula is C25H29N3O6. The molecule has 0 aliphatic rings. The first-order valence-corrected chi connectivity index (χ1v) is 10.7. The van der Waals surface area contributed by atoms with Crippen molar-refractivity contribution in [1.29, 1.82) is 5.26 Å². The predicted octanol–water partition coefficient (Wildman–Crippen LogP) is 3.15. The second-order valence-electron chi connectivity index (χ2n) is 7.30. The molecule has 0 aromatic heterocycles. The Morgan fingerprint density at radius 3 is 2.32 bits per heavy atom. The molecular weight excluding hydrogens is 438 g/mol. The molecule has 34 heavy (non-hydrogen) atoms. The van der Waals surface area contributed by atoms with E-state index in [-0.39, 0.29) is 38.1 Å². The zero-order valence-electron chi connectivity index (χ0n) is 19.6. The predicted molar refractivity (Wildman–Crippen MR) is 125 cm³/mol. The van der Waals surface area contributed by atoms with Crippen LogP contribution in [-0.4, -0.2) is 45.7 Å². The molecule has 0 aliphatic heterocycles. The molecule has 9 heteroatoms. The molecule has 1 atom stereocenters. The summed E-state index contributed by atoms with van der Waals surface area (Å²) < 4.78 is 15.3. The third-order valence-corrected chi connectivity index (χ3v) is 5.13. The quantitative estimate of drug-likeness (QED) is 0.476. The maximum atomic E-state index is 12.8. The molecule has 2 rings (SSSR count). The number of hydrogen-bond acceptors (Lipinski definition) is 7. The molecule has 2 aromatic rings. The molecule has 0 heterocycles. The molecule has 0 radical (unpaired) electrons. The van der Waals surface area contributed by atoms with Crippen molar-refractivity contribution in [2.75, 3.05) is 32.8 Å². The highest BCUT2D eigenvalue weighted by atomic mass is 16.5. The van der Waals surface area contributed by atoms with Crippen molar-refractivity contribution in [2.24, 2.45) is 0 Å². The summed E-state index contributed by atoms with van der Waals surface area (Å²) in [6.07, 6.45) is -0.0555. The Morgan fingerprint density at radius 1 is 1.00 bits per heavy atom. The van der Waals surface area contributed by atoms with E-state index >= 15 is 0 Å². The van der Waals surface area contributed by atoms with Crippen LogP contribution in [0.15, 0.2) is 48.5 Å². The van der Waals surface area contributed by atoms with Crippen LogP contribution in [0.3, 0.4) is 0 Å². The van der Waals surface area contributed by atoms with Crippen LogP contribution >= 0.6 is 0 Å². The molecule has 2 aromatic carbocycles. The lowest BCUT2D eigenvalue weighted by Gasteiger charge is -2.22. The van der Waals surface area contributed by atoms with Crippen LogP contribution in [0.25, 0.3) is 0 Å². The molecule has 1 N–H and O–H groups in total. The van der Waals surface area contributed by atoms with E-state index in [1.165, 1.54) is 26.2 Å². The molecule has 0 spiro atoms. The lowest BCUT2D eigenvalue weighted by Crippen LogP contribution is -2.34. The maximum Gasteiger partial charge on any atom is 0.307 e. The van der Waals surface area contributed by atoms with Crippen molar-refractivity contribution < 1.29 is 28.6 Å². The van der Waals surface area contributed by atoms with Crippen LogP contribution in [0.5, 0.6) is 11.5 Å². The number of rotatable bonds is 12. The van der Waals surface area contributed by atoms with Crippen LogP contribution in [-0.2, 0) is 19.1 Å². The van der Waals surface area contributed by atoms with Crippen molar-refractivity contribution in [3.8, 4) is 17.6 Å². The highest BCUT2D eigenvalue weighted by Gasteiger charge is 2.22. The SMILES string of the molecule is COC(=O)CC(NC(=O)CCC(=O)N(CCC#N)c1ccccc1)c1ccc(OC)c(OC)c1. The largest absolute Gasteiger partial charge is 0.493 e. The number of carbonyl (C=O) groups is 3. The fourth-order valence-electron chi connectivity index (χ4n) is 3.36. The van der Waals surface area contributed by atoms with Crippen LogP contribution in [0.1, 0.15) is 37.3 Å². The van der Waals surface area contributed by atoms with Gasteiger partial charge < -0.3 is 24.4 Å². The first-order chi connectivity index (χ1) is 16.4. The van der Waals surface area contributed by atoms with Crippen molar-refractivity contribution >= 4 is 23.5 Å². The molecule has 180 valence electrons. The van der Waals surface area contributed by atoms with E-state index in [0.29, 0.717) is 22.7 Å². The van der Waals surface area contributed by atoms with Gasteiger partial charge in [-0.3, -0.25) is 14.4 Å². The van der Waals surface area contributed by atoms with Gasteiger partial charge in [-0.15, -0.1) is 0 Å². The summed E-state index contributed by atoms with van der Waals surface area (Å²) in [5, 5.41) is 11.7. The maximum absolute atomic E-state index is 12.8. The fourth-order valence-corrected chi connectivity index (χ4v) is 3.36. The van der Waals surface area contributed by atoms with Crippen molar-refractivity contribution in [2.45, 2.75) is 31.7 Å². The fraction of sp³-hybridized carbons (Fsp3) is 0.360. The molecule has 1 unspecified atom stereocenters. The Kier molecular flexibility index (Phi) is 10.4. The van der Waals surface area contributed by atoms with Gasteiger partial charge in [-0.2, -0.15) is 5.26 Å². The monoisotopic (exact) mass is 467 g/mol. The van der Waals surface area contributed by atoms with Crippen molar-refractivity contribution in [3.05, 3.63) is 54.1 Å². The van der Waals surface area contributed by atoms with E-state index in [1.54, 1.807) is 42.5 Å². The van der Waals surface area contributed by atoms with Gasteiger partial charge in [-0.25, -0.2) is 0 Å². The number of anilines is 1. The lowest BCUT2D eigenvalue weighted by atomic mass is 10.0. The highest BCUT2D eigenvalue weighted by molar-refractivity contribution is 5.95. The Morgan fingerprint density at radius 2 is 1.71 bits per heavy atom. The van der Waals surface area contributed by atoms with E-state index in [9.17, 15) is 14.4 Å². The van der Waals surface area contributed by atoms with Gasteiger partial charge in [0.1, 0.15) is 0 Å². The van der Waals surface area contributed by atoms with Crippen LogP contribution < -0.4 is 19.7 Å². The number of methoxy groups -OCH3 is 3. The van der Waals surface area contributed by atoms with Gasteiger partial charge in [0.05, 0.1) is 46.3 Å². The summed E-state index contributed by atoms with van der Waals surface area (Å²) in [5.74, 6) is -0.200. The minimum atomic E-state index is -0.682. The third-order valence-electron chi connectivity index (χ3n) is 5.13. The van der Waals surface area contributed by atoms with Gasteiger partial charge in [-0.05, 0) is 29.8 Å². The molecule has 0 fully saturated rings. The van der Waals surface area contributed by atoms with Gasteiger partial charge in [0.2, 0.25) is 11.8 Å². The van der Waals surface area contributed by atoms with Gasteiger partial charge in [0, 0.05) is 25.1 Å². The number of carbonyl (C=O) groups excluding carboxylic acids is 3. The summed E-state index contributed by atoms with van der Waals surface area (Å²) in [7, 11) is 4.28. The van der Waals surface area contributed by atoms with Crippen LogP contribution in [0.2, 0.25) is 0 Å². The molecule has 0 saturated heterocycles. The van der Waals surface area contributed by atoms with Crippen LogP contribution in [0.4, 0.5) is 5.69 Å². The smallest absolute Gasteiger partial charge is 0.307 e. The number of ether oxygens (including phenoxy) is 3. The number of nitrogens with one attached hydrogen (secondary N) is 1. The average molecular weight is 468 g/mol. The zero-order chi connectivity index (χ0) is 24.9. The lowest BCUT2D eigenvalue weighted by molar-refractivity contribution is -0.141. The number of nitrogens with zero attached hydrogens (tertiary/aromatic N) is 2. The average Bonchev–Trinajstić information content (AvgIpc) is 2.87. The summed E-state index contributed by atoms with van der Waals surface area (Å²) >= 11 is 0. The van der Waals surface area contributed by atoms with Gasteiger partial charge >= 0.3 is 5.97 Å².